The highest BCUT2D eigenvalue weighted by Crippen LogP contribution is 2.08. The zero-order valence-corrected chi connectivity index (χ0v) is 10.2. The molecule has 90 valence electrons. The van der Waals surface area contributed by atoms with Gasteiger partial charge in [-0.3, -0.25) is 4.79 Å². The molecule has 0 N–H and O–H groups in total. The lowest BCUT2D eigenvalue weighted by Crippen LogP contribution is -2.21. The normalized spacial score (nSPS) is 9.44. The van der Waals surface area contributed by atoms with Gasteiger partial charge in [-0.1, -0.05) is 30.0 Å². The first-order valence-corrected chi connectivity index (χ1v) is 5.39. The van der Waals surface area contributed by atoms with Crippen LogP contribution in [0.25, 0.3) is 0 Å². The molecule has 0 saturated heterocycles. The fourth-order valence-electron chi connectivity index (χ4n) is 1.46. The van der Waals surface area contributed by atoms with Gasteiger partial charge in [0.15, 0.2) is 0 Å². The Morgan fingerprint density at radius 3 is 2.61 bits per heavy atom. The van der Waals surface area contributed by atoms with Gasteiger partial charge >= 0.3 is 5.56 Å². The maximum absolute atomic E-state index is 11.7. The van der Waals surface area contributed by atoms with Crippen LogP contribution in [0.2, 0.25) is 0 Å². The van der Waals surface area contributed by atoms with Gasteiger partial charge in [0.2, 0.25) is 5.75 Å². The van der Waals surface area contributed by atoms with Gasteiger partial charge in [0.25, 0.3) is 0 Å². The number of rotatable bonds is 1. The van der Waals surface area contributed by atoms with E-state index in [4.69, 9.17) is 4.74 Å². The fourth-order valence-corrected chi connectivity index (χ4v) is 1.46. The number of methoxy groups -OCH3 is 1. The molecule has 0 aliphatic carbocycles. The van der Waals surface area contributed by atoms with Gasteiger partial charge in [0, 0.05) is 12.6 Å². The summed E-state index contributed by atoms with van der Waals surface area (Å²) < 4.78 is 6.28. The predicted molar refractivity (Wildman–Crippen MR) is 68.5 cm³/mol. The number of benzene rings is 1. The van der Waals surface area contributed by atoms with Crippen molar-refractivity contribution in [3.8, 4) is 17.6 Å². The SMILES string of the molecule is COc1c(C#Cc2ccccc2)cnn(C)c1=O. The van der Waals surface area contributed by atoms with E-state index in [1.54, 1.807) is 7.05 Å². The van der Waals surface area contributed by atoms with E-state index in [2.05, 4.69) is 16.9 Å². The molecule has 18 heavy (non-hydrogen) atoms. The highest BCUT2D eigenvalue weighted by atomic mass is 16.5. The van der Waals surface area contributed by atoms with Crippen molar-refractivity contribution in [2.45, 2.75) is 0 Å². The molecule has 4 heteroatoms. The molecule has 0 aliphatic heterocycles. The lowest BCUT2D eigenvalue weighted by molar-refractivity contribution is 0.399. The summed E-state index contributed by atoms with van der Waals surface area (Å²) in [6.45, 7) is 0. The topological polar surface area (TPSA) is 44.1 Å². The molecule has 2 rings (SSSR count). The number of nitrogens with zero attached hydrogens (tertiary/aromatic N) is 2. The quantitative estimate of drug-likeness (QED) is 0.703. The van der Waals surface area contributed by atoms with E-state index < -0.39 is 0 Å². The van der Waals surface area contributed by atoms with Crippen molar-refractivity contribution in [3.05, 3.63) is 58.0 Å². The van der Waals surface area contributed by atoms with Gasteiger partial charge in [-0.15, -0.1) is 0 Å². The summed E-state index contributed by atoms with van der Waals surface area (Å²) in [5.41, 5.74) is 1.07. The molecule has 1 heterocycles. The number of ether oxygens (including phenoxy) is 1. The van der Waals surface area contributed by atoms with Crippen molar-refractivity contribution in [1.82, 2.24) is 9.78 Å². The Kier molecular flexibility index (Phi) is 3.44. The van der Waals surface area contributed by atoms with Crippen molar-refractivity contribution >= 4 is 0 Å². The van der Waals surface area contributed by atoms with Crippen LogP contribution in [0.1, 0.15) is 11.1 Å². The second-order valence-electron chi connectivity index (χ2n) is 3.64. The molecule has 2 aromatic rings. The molecule has 0 bridgehead atoms. The molecule has 0 unspecified atom stereocenters. The molecule has 4 nitrogen and oxygen atoms in total. The molecule has 0 radical (unpaired) electrons. The number of hydrogen-bond donors (Lipinski definition) is 0. The van der Waals surface area contributed by atoms with E-state index in [1.807, 2.05) is 30.3 Å². The first kappa shape index (κ1) is 11.9. The molecular weight excluding hydrogens is 228 g/mol. The van der Waals surface area contributed by atoms with E-state index >= 15 is 0 Å². The van der Waals surface area contributed by atoms with E-state index in [0.29, 0.717) is 5.56 Å². The average molecular weight is 240 g/mol. The van der Waals surface area contributed by atoms with Crippen LogP contribution in [0.15, 0.2) is 41.3 Å². The molecule has 1 aromatic carbocycles. The Hall–Kier alpha value is -2.54. The van der Waals surface area contributed by atoms with Crippen LogP contribution in [0.4, 0.5) is 0 Å². The van der Waals surface area contributed by atoms with Crippen LogP contribution >= 0.6 is 0 Å². The molecule has 0 aliphatic rings. The Balaban J connectivity index is 2.45. The summed E-state index contributed by atoms with van der Waals surface area (Å²) >= 11 is 0. The number of aryl methyl sites for hydroxylation is 1. The van der Waals surface area contributed by atoms with Gasteiger partial charge in [0.05, 0.1) is 18.9 Å². The standard InChI is InChI=1S/C14H12N2O2/c1-16-14(17)13(18-2)12(10-15-16)9-8-11-6-4-3-5-7-11/h3-7,10H,1-2H3. The van der Waals surface area contributed by atoms with Crippen molar-refractivity contribution in [2.24, 2.45) is 7.05 Å². The van der Waals surface area contributed by atoms with Gasteiger partial charge in [-0.25, -0.2) is 4.68 Å². The van der Waals surface area contributed by atoms with Crippen LogP contribution < -0.4 is 10.3 Å². The second kappa shape index (κ2) is 5.19. The highest BCUT2D eigenvalue weighted by Gasteiger charge is 2.07. The maximum atomic E-state index is 11.7. The molecular formula is C14H12N2O2. The summed E-state index contributed by atoms with van der Waals surface area (Å²) in [6.07, 6.45) is 1.52. The van der Waals surface area contributed by atoms with E-state index in [-0.39, 0.29) is 11.3 Å². The molecule has 0 amide bonds. The van der Waals surface area contributed by atoms with Gasteiger partial charge in [-0.2, -0.15) is 5.10 Å². The Morgan fingerprint density at radius 1 is 1.22 bits per heavy atom. The summed E-state index contributed by atoms with van der Waals surface area (Å²) in [5, 5.41) is 3.92. The van der Waals surface area contributed by atoms with Crippen molar-refractivity contribution in [1.29, 1.82) is 0 Å². The third-order valence-corrected chi connectivity index (χ3v) is 2.41. The van der Waals surface area contributed by atoms with Crippen LogP contribution in [-0.4, -0.2) is 16.9 Å². The Labute approximate surface area is 105 Å². The fraction of sp³-hybridized carbons (Fsp3) is 0.143. The zero-order valence-electron chi connectivity index (χ0n) is 10.2. The average Bonchev–Trinajstić information content (AvgIpc) is 2.41. The van der Waals surface area contributed by atoms with Crippen molar-refractivity contribution in [2.75, 3.05) is 7.11 Å². The highest BCUT2D eigenvalue weighted by molar-refractivity contribution is 5.47. The Morgan fingerprint density at radius 2 is 1.94 bits per heavy atom. The van der Waals surface area contributed by atoms with E-state index in [0.717, 1.165) is 5.56 Å². The number of hydrogen-bond acceptors (Lipinski definition) is 3. The minimum atomic E-state index is -0.294. The van der Waals surface area contributed by atoms with E-state index in [9.17, 15) is 4.79 Å². The zero-order chi connectivity index (χ0) is 13.0. The summed E-state index contributed by atoms with van der Waals surface area (Å²) in [4.78, 5) is 11.7. The van der Waals surface area contributed by atoms with Crippen LogP contribution in [0.3, 0.4) is 0 Å². The van der Waals surface area contributed by atoms with Gasteiger partial charge < -0.3 is 4.74 Å². The van der Waals surface area contributed by atoms with Crippen LogP contribution in [-0.2, 0) is 7.05 Å². The summed E-state index contributed by atoms with van der Waals surface area (Å²) in [7, 11) is 3.02. The minimum absolute atomic E-state index is 0.218. The smallest absolute Gasteiger partial charge is 0.310 e. The molecule has 0 fully saturated rings. The van der Waals surface area contributed by atoms with E-state index in [1.165, 1.54) is 18.0 Å². The van der Waals surface area contributed by atoms with Gasteiger partial charge in [0.1, 0.15) is 0 Å². The lowest BCUT2D eigenvalue weighted by Gasteiger charge is -2.03. The molecule has 1 aromatic heterocycles. The van der Waals surface area contributed by atoms with Crippen molar-refractivity contribution in [3.63, 3.8) is 0 Å². The van der Waals surface area contributed by atoms with Crippen molar-refractivity contribution < 1.29 is 4.74 Å². The summed E-state index contributed by atoms with van der Waals surface area (Å²) in [6, 6.07) is 9.53. The molecule has 0 spiro atoms. The maximum Gasteiger partial charge on any atom is 0.310 e. The molecule has 0 atom stereocenters. The third kappa shape index (κ3) is 2.41. The first-order chi connectivity index (χ1) is 8.72. The second-order valence-corrected chi connectivity index (χ2v) is 3.64. The van der Waals surface area contributed by atoms with Crippen LogP contribution in [0.5, 0.6) is 5.75 Å². The number of aromatic nitrogens is 2. The summed E-state index contributed by atoms with van der Waals surface area (Å²) in [5.74, 6) is 6.08. The third-order valence-electron chi connectivity index (χ3n) is 2.41. The Bertz CT molecular complexity index is 664. The largest absolute Gasteiger partial charge is 0.490 e. The lowest BCUT2D eigenvalue weighted by atomic mass is 10.2. The van der Waals surface area contributed by atoms with Gasteiger partial charge in [-0.05, 0) is 12.1 Å². The van der Waals surface area contributed by atoms with Crippen LogP contribution in [0, 0.1) is 11.8 Å². The monoisotopic (exact) mass is 240 g/mol. The molecule has 0 saturated carbocycles. The predicted octanol–water partition coefficient (Wildman–Crippen LogP) is 1.19. The first-order valence-electron chi connectivity index (χ1n) is 5.39. The minimum Gasteiger partial charge on any atom is -0.490 e.